The van der Waals surface area contributed by atoms with Gasteiger partial charge in [0, 0.05) is 32.7 Å². The molecule has 3 aromatic rings. The highest BCUT2D eigenvalue weighted by molar-refractivity contribution is 7.17. The monoisotopic (exact) mass is 394 g/mol. The van der Waals surface area contributed by atoms with Crippen molar-refractivity contribution in [2.24, 2.45) is 0 Å². The van der Waals surface area contributed by atoms with E-state index < -0.39 is 0 Å². The topological polar surface area (TPSA) is 58.4 Å². The summed E-state index contributed by atoms with van der Waals surface area (Å²) in [5.74, 6) is -0.0284. The summed E-state index contributed by atoms with van der Waals surface area (Å²) in [4.78, 5) is 33.5. The van der Waals surface area contributed by atoms with Crippen molar-refractivity contribution in [2.75, 3.05) is 32.7 Å². The Morgan fingerprint density at radius 3 is 2.68 bits per heavy atom. The number of aromatic nitrogens is 2. The quantitative estimate of drug-likeness (QED) is 0.666. The molecule has 2 aromatic heterocycles. The fourth-order valence-corrected chi connectivity index (χ4v) is 4.11. The van der Waals surface area contributed by atoms with Crippen molar-refractivity contribution < 1.29 is 4.79 Å². The van der Waals surface area contributed by atoms with Gasteiger partial charge >= 0.3 is 0 Å². The lowest BCUT2D eigenvalue weighted by atomic mass is 10.2. The molecule has 144 valence electrons. The summed E-state index contributed by atoms with van der Waals surface area (Å²) in [6, 6.07) is 12.0. The molecule has 1 aliphatic heterocycles. The molecule has 6 nitrogen and oxygen atoms in total. The predicted octanol–water partition coefficient (Wildman–Crippen LogP) is 2.32. The first kappa shape index (κ1) is 18.6. The fraction of sp³-hybridized carbons (Fsp3) is 0.286. The van der Waals surface area contributed by atoms with Crippen LogP contribution in [-0.2, 0) is 11.3 Å². The molecule has 1 amide bonds. The Morgan fingerprint density at radius 2 is 1.89 bits per heavy atom. The SMILES string of the molecule is O=C(Cn1cnc2ccsc2c1=O)N1CCN(CC=Cc2ccccc2)CC1. The minimum Gasteiger partial charge on any atom is -0.339 e. The summed E-state index contributed by atoms with van der Waals surface area (Å²) in [6.07, 6.45) is 5.76. The minimum atomic E-state index is -0.141. The van der Waals surface area contributed by atoms with Crippen LogP contribution in [0.15, 0.2) is 59.0 Å². The van der Waals surface area contributed by atoms with Gasteiger partial charge in [-0.25, -0.2) is 4.98 Å². The van der Waals surface area contributed by atoms with Crippen LogP contribution in [-0.4, -0.2) is 58.0 Å². The zero-order valence-corrected chi connectivity index (χ0v) is 16.3. The maximum atomic E-state index is 12.6. The molecule has 4 rings (SSSR count). The van der Waals surface area contributed by atoms with Gasteiger partial charge in [0.05, 0.1) is 11.8 Å². The highest BCUT2D eigenvalue weighted by atomic mass is 32.1. The normalized spacial score (nSPS) is 15.5. The van der Waals surface area contributed by atoms with E-state index in [2.05, 4.69) is 34.2 Å². The third-order valence-electron chi connectivity index (χ3n) is 4.94. The molecule has 0 spiro atoms. The van der Waals surface area contributed by atoms with Crippen LogP contribution >= 0.6 is 11.3 Å². The maximum Gasteiger partial charge on any atom is 0.271 e. The summed E-state index contributed by atoms with van der Waals surface area (Å²) in [6.45, 7) is 3.95. The molecule has 1 aliphatic rings. The van der Waals surface area contributed by atoms with Crippen molar-refractivity contribution in [1.82, 2.24) is 19.4 Å². The number of fused-ring (bicyclic) bond motifs is 1. The number of hydrogen-bond donors (Lipinski definition) is 0. The third kappa shape index (κ3) is 4.21. The van der Waals surface area contributed by atoms with Crippen molar-refractivity contribution in [1.29, 1.82) is 0 Å². The molecule has 1 saturated heterocycles. The standard InChI is InChI=1S/C21H22N4O2S/c26-19(15-25-16-22-18-8-14-28-20(18)21(25)27)24-12-10-23(11-13-24)9-4-7-17-5-2-1-3-6-17/h1-8,14,16H,9-13,15H2. The number of rotatable bonds is 5. The first-order valence-electron chi connectivity index (χ1n) is 9.35. The molecule has 0 saturated carbocycles. The molecular formula is C21H22N4O2S. The third-order valence-corrected chi connectivity index (χ3v) is 5.83. The highest BCUT2D eigenvalue weighted by Crippen LogP contribution is 2.13. The van der Waals surface area contributed by atoms with E-state index in [0.29, 0.717) is 23.3 Å². The van der Waals surface area contributed by atoms with Gasteiger partial charge in [-0.15, -0.1) is 11.3 Å². The summed E-state index contributed by atoms with van der Waals surface area (Å²) in [5.41, 5.74) is 1.74. The highest BCUT2D eigenvalue weighted by Gasteiger charge is 2.21. The first-order valence-corrected chi connectivity index (χ1v) is 10.2. The maximum absolute atomic E-state index is 12.6. The molecule has 3 heterocycles. The van der Waals surface area contributed by atoms with Gasteiger partial charge in [-0.2, -0.15) is 0 Å². The molecule has 0 radical (unpaired) electrons. The van der Waals surface area contributed by atoms with Crippen molar-refractivity contribution in [3.63, 3.8) is 0 Å². The Hall–Kier alpha value is -2.77. The van der Waals surface area contributed by atoms with E-state index in [-0.39, 0.29) is 18.0 Å². The van der Waals surface area contributed by atoms with E-state index in [1.807, 2.05) is 34.5 Å². The fourth-order valence-electron chi connectivity index (χ4n) is 3.32. The van der Waals surface area contributed by atoms with E-state index in [9.17, 15) is 9.59 Å². The number of carbonyl (C=O) groups is 1. The van der Waals surface area contributed by atoms with Crippen LogP contribution in [0.25, 0.3) is 16.3 Å². The predicted molar refractivity (Wildman–Crippen MR) is 112 cm³/mol. The first-order chi connectivity index (χ1) is 13.7. The largest absolute Gasteiger partial charge is 0.339 e. The molecule has 0 N–H and O–H groups in total. The number of piperazine rings is 1. The van der Waals surface area contributed by atoms with E-state index in [4.69, 9.17) is 0 Å². The number of benzene rings is 1. The van der Waals surface area contributed by atoms with Gasteiger partial charge in [0.25, 0.3) is 5.56 Å². The van der Waals surface area contributed by atoms with Crippen molar-refractivity contribution >= 4 is 33.5 Å². The van der Waals surface area contributed by atoms with Gasteiger partial charge < -0.3 is 4.90 Å². The van der Waals surface area contributed by atoms with Gasteiger partial charge in [0.15, 0.2) is 0 Å². The molecule has 1 fully saturated rings. The molecule has 0 bridgehead atoms. The number of nitrogens with zero attached hydrogens (tertiary/aromatic N) is 4. The zero-order valence-electron chi connectivity index (χ0n) is 15.5. The molecule has 7 heteroatoms. The minimum absolute atomic E-state index is 0.0284. The molecule has 0 aliphatic carbocycles. The van der Waals surface area contributed by atoms with Gasteiger partial charge in [-0.05, 0) is 17.0 Å². The molecule has 28 heavy (non-hydrogen) atoms. The Balaban J connectivity index is 1.29. The Morgan fingerprint density at radius 1 is 1.11 bits per heavy atom. The summed E-state index contributed by atoms with van der Waals surface area (Å²) >= 11 is 1.36. The van der Waals surface area contributed by atoms with E-state index >= 15 is 0 Å². The summed E-state index contributed by atoms with van der Waals surface area (Å²) in [5, 5.41) is 1.84. The summed E-state index contributed by atoms with van der Waals surface area (Å²) < 4.78 is 2.01. The number of amides is 1. The van der Waals surface area contributed by atoms with Crippen LogP contribution in [0.3, 0.4) is 0 Å². The van der Waals surface area contributed by atoms with Crippen molar-refractivity contribution in [3.05, 3.63) is 70.1 Å². The van der Waals surface area contributed by atoms with Crippen LogP contribution in [0, 0.1) is 0 Å². The van der Waals surface area contributed by atoms with Crippen LogP contribution < -0.4 is 5.56 Å². The van der Waals surface area contributed by atoms with Crippen LogP contribution in [0.5, 0.6) is 0 Å². The lowest BCUT2D eigenvalue weighted by Gasteiger charge is -2.34. The van der Waals surface area contributed by atoms with Gasteiger partial charge in [-0.3, -0.25) is 19.1 Å². The van der Waals surface area contributed by atoms with E-state index in [0.717, 1.165) is 19.6 Å². The Labute approximate surface area is 167 Å². The van der Waals surface area contributed by atoms with E-state index in [1.165, 1.54) is 27.8 Å². The summed E-state index contributed by atoms with van der Waals surface area (Å²) in [7, 11) is 0. The number of hydrogen-bond acceptors (Lipinski definition) is 5. The van der Waals surface area contributed by atoms with Gasteiger partial charge in [0.2, 0.25) is 5.91 Å². The molecular weight excluding hydrogens is 372 g/mol. The smallest absolute Gasteiger partial charge is 0.271 e. The average Bonchev–Trinajstić information content (AvgIpc) is 3.21. The lowest BCUT2D eigenvalue weighted by molar-refractivity contribution is -0.133. The Kier molecular flexibility index (Phi) is 5.64. The van der Waals surface area contributed by atoms with E-state index in [1.54, 1.807) is 0 Å². The van der Waals surface area contributed by atoms with Crippen molar-refractivity contribution in [2.45, 2.75) is 6.54 Å². The molecule has 0 atom stereocenters. The molecule has 0 unspecified atom stereocenters. The van der Waals surface area contributed by atoms with Gasteiger partial charge in [-0.1, -0.05) is 42.5 Å². The zero-order chi connectivity index (χ0) is 19.3. The van der Waals surface area contributed by atoms with Crippen LogP contribution in [0.1, 0.15) is 5.56 Å². The van der Waals surface area contributed by atoms with Crippen molar-refractivity contribution in [3.8, 4) is 0 Å². The second-order valence-corrected chi connectivity index (χ2v) is 7.72. The second kappa shape index (κ2) is 8.50. The molecule has 1 aromatic carbocycles. The lowest BCUT2D eigenvalue weighted by Crippen LogP contribution is -2.49. The van der Waals surface area contributed by atoms with Gasteiger partial charge in [0.1, 0.15) is 11.2 Å². The second-order valence-electron chi connectivity index (χ2n) is 6.81. The average molecular weight is 395 g/mol. The number of carbonyl (C=O) groups excluding carboxylic acids is 1. The van der Waals surface area contributed by atoms with Crippen LogP contribution in [0.4, 0.5) is 0 Å². The van der Waals surface area contributed by atoms with Crippen LogP contribution in [0.2, 0.25) is 0 Å². The Bertz CT molecular complexity index is 1030. The number of thiophene rings is 1.